The molecule has 3 N–H and O–H groups in total. The van der Waals surface area contributed by atoms with Gasteiger partial charge in [0.2, 0.25) is 0 Å². The zero-order valence-electron chi connectivity index (χ0n) is 9.22. The van der Waals surface area contributed by atoms with Crippen molar-refractivity contribution >= 4 is 22.2 Å². The summed E-state index contributed by atoms with van der Waals surface area (Å²) in [5, 5.41) is 5.59. The number of hydrogen-bond acceptors (Lipinski definition) is 4. The molecule has 2 rings (SSSR count). The Labute approximate surface area is 103 Å². The number of anilines is 1. The van der Waals surface area contributed by atoms with Crippen LogP contribution in [0.15, 0.2) is 35.8 Å². The van der Waals surface area contributed by atoms with Crippen LogP contribution in [0.2, 0.25) is 0 Å². The SMILES string of the molecule is NCCc1cc(C(=O)Nc2cccs2)ccn1. The third-order valence-electron chi connectivity index (χ3n) is 2.24. The molecule has 0 saturated carbocycles. The van der Waals surface area contributed by atoms with Crippen LogP contribution in [-0.4, -0.2) is 17.4 Å². The first-order valence-corrected chi connectivity index (χ1v) is 6.17. The van der Waals surface area contributed by atoms with E-state index >= 15 is 0 Å². The highest BCUT2D eigenvalue weighted by Crippen LogP contribution is 2.16. The van der Waals surface area contributed by atoms with Gasteiger partial charge in [0.1, 0.15) is 0 Å². The quantitative estimate of drug-likeness (QED) is 0.867. The first-order valence-electron chi connectivity index (χ1n) is 5.29. The maximum Gasteiger partial charge on any atom is 0.256 e. The van der Waals surface area contributed by atoms with E-state index < -0.39 is 0 Å². The monoisotopic (exact) mass is 247 g/mol. The number of pyridine rings is 1. The van der Waals surface area contributed by atoms with Crippen LogP contribution in [0, 0.1) is 0 Å². The minimum atomic E-state index is -0.117. The van der Waals surface area contributed by atoms with Gasteiger partial charge in [-0.05, 0) is 36.2 Å². The standard InChI is InChI=1S/C12H13N3OS/c13-5-3-10-8-9(4-6-14-10)12(16)15-11-2-1-7-17-11/h1-2,4,6-8H,3,5,13H2,(H,15,16). The molecule has 2 aromatic rings. The Kier molecular flexibility index (Phi) is 3.85. The van der Waals surface area contributed by atoms with Crippen LogP contribution in [0.25, 0.3) is 0 Å². The molecule has 0 fully saturated rings. The van der Waals surface area contributed by atoms with Gasteiger partial charge in [-0.15, -0.1) is 11.3 Å². The summed E-state index contributed by atoms with van der Waals surface area (Å²) < 4.78 is 0. The second-order valence-corrected chi connectivity index (χ2v) is 4.45. The molecule has 0 spiro atoms. The Morgan fingerprint density at radius 3 is 3.06 bits per heavy atom. The molecule has 4 nitrogen and oxygen atoms in total. The van der Waals surface area contributed by atoms with Crippen molar-refractivity contribution in [3.05, 3.63) is 47.1 Å². The molecular formula is C12H13N3OS. The van der Waals surface area contributed by atoms with Crippen LogP contribution in [0.4, 0.5) is 5.00 Å². The molecule has 1 amide bonds. The lowest BCUT2D eigenvalue weighted by Gasteiger charge is -2.04. The fourth-order valence-electron chi connectivity index (χ4n) is 1.44. The van der Waals surface area contributed by atoms with E-state index in [9.17, 15) is 4.79 Å². The van der Waals surface area contributed by atoms with Crippen LogP contribution in [0.3, 0.4) is 0 Å². The van der Waals surface area contributed by atoms with Gasteiger partial charge in [0.25, 0.3) is 5.91 Å². The van der Waals surface area contributed by atoms with Crippen LogP contribution in [0.1, 0.15) is 16.1 Å². The molecule has 17 heavy (non-hydrogen) atoms. The molecule has 0 aliphatic heterocycles. The molecule has 0 bridgehead atoms. The Balaban J connectivity index is 2.11. The molecule has 2 aromatic heterocycles. The predicted octanol–water partition coefficient (Wildman–Crippen LogP) is 1.90. The zero-order valence-corrected chi connectivity index (χ0v) is 10.0. The maximum absolute atomic E-state index is 11.9. The van der Waals surface area contributed by atoms with Crippen LogP contribution in [-0.2, 0) is 6.42 Å². The number of aromatic nitrogens is 1. The molecule has 0 aliphatic rings. The maximum atomic E-state index is 11.9. The van der Waals surface area contributed by atoms with Gasteiger partial charge in [0, 0.05) is 23.9 Å². The summed E-state index contributed by atoms with van der Waals surface area (Å²) in [7, 11) is 0. The molecular weight excluding hydrogens is 234 g/mol. The Morgan fingerprint density at radius 1 is 1.47 bits per heavy atom. The summed E-state index contributed by atoms with van der Waals surface area (Å²) in [5.74, 6) is -0.117. The van der Waals surface area contributed by atoms with Crippen LogP contribution >= 0.6 is 11.3 Å². The van der Waals surface area contributed by atoms with Gasteiger partial charge >= 0.3 is 0 Å². The lowest BCUT2D eigenvalue weighted by atomic mass is 10.2. The normalized spacial score (nSPS) is 10.2. The fraction of sp³-hybridized carbons (Fsp3) is 0.167. The molecule has 0 aliphatic carbocycles. The van der Waals surface area contributed by atoms with Crippen molar-refractivity contribution in [1.82, 2.24) is 4.98 Å². The van der Waals surface area contributed by atoms with E-state index in [1.165, 1.54) is 11.3 Å². The van der Waals surface area contributed by atoms with E-state index in [1.54, 1.807) is 18.3 Å². The largest absolute Gasteiger partial charge is 0.330 e. The summed E-state index contributed by atoms with van der Waals surface area (Å²) in [5.41, 5.74) is 6.90. The number of carbonyl (C=O) groups is 1. The molecule has 88 valence electrons. The van der Waals surface area contributed by atoms with Crippen molar-refractivity contribution in [3.8, 4) is 0 Å². The van der Waals surface area contributed by atoms with E-state index in [0.717, 1.165) is 10.7 Å². The van der Waals surface area contributed by atoms with Crippen molar-refractivity contribution in [1.29, 1.82) is 0 Å². The summed E-state index contributed by atoms with van der Waals surface area (Å²) in [6, 6.07) is 7.23. The van der Waals surface area contributed by atoms with Gasteiger partial charge in [-0.25, -0.2) is 0 Å². The number of nitrogens with zero attached hydrogens (tertiary/aromatic N) is 1. The van der Waals surface area contributed by atoms with Gasteiger partial charge in [-0.1, -0.05) is 0 Å². The van der Waals surface area contributed by atoms with Gasteiger partial charge in [-0.2, -0.15) is 0 Å². The minimum absolute atomic E-state index is 0.117. The number of rotatable bonds is 4. The number of nitrogens with one attached hydrogen (secondary N) is 1. The highest BCUT2D eigenvalue weighted by Gasteiger charge is 2.07. The predicted molar refractivity (Wildman–Crippen MR) is 69.3 cm³/mol. The molecule has 0 radical (unpaired) electrons. The van der Waals surface area contributed by atoms with Crippen molar-refractivity contribution in [3.63, 3.8) is 0 Å². The number of carbonyl (C=O) groups excluding carboxylic acids is 1. The summed E-state index contributed by atoms with van der Waals surface area (Å²) >= 11 is 1.49. The average Bonchev–Trinajstić information content (AvgIpc) is 2.83. The molecule has 5 heteroatoms. The zero-order chi connectivity index (χ0) is 12.1. The Morgan fingerprint density at radius 2 is 2.35 bits per heavy atom. The van der Waals surface area contributed by atoms with Crippen molar-refractivity contribution < 1.29 is 4.79 Å². The van der Waals surface area contributed by atoms with E-state index in [0.29, 0.717) is 18.5 Å². The third kappa shape index (κ3) is 3.12. The smallest absolute Gasteiger partial charge is 0.256 e. The fourth-order valence-corrected chi connectivity index (χ4v) is 2.05. The number of amides is 1. The van der Waals surface area contributed by atoms with E-state index in [2.05, 4.69) is 10.3 Å². The molecule has 0 unspecified atom stereocenters. The third-order valence-corrected chi connectivity index (χ3v) is 3.02. The van der Waals surface area contributed by atoms with Crippen molar-refractivity contribution in [2.75, 3.05) is 11.9 Å². The average molecular weight is 247 g/mol. The number of nitrogens with two attached hydrogens (primary N) is 1. The van der Waals surface area contributed by atoms with Crippen LogP contribution < -0.4 is 11.1 Å². The van der Waals surface area contributed by atoms with Gasteiger partial charge in [-0.3, -0.25) is 9.78 Å². The van der Waals surface area contributed by atoms with Crippen molar-refractivity contribution in [2.24, 2.45) is 5.73 Å². The summed E-state index contributed by atoms with van der Waals surface area (Å²) in [6.07, 6.45) is 2.31. The van der Waals surface area contributed by atoms with E-state index in [4.69, 9.17) is 5.73 Å². The second-order valence-electron chi connectivity index (χ2n) is 3.51. The molecule has 0 atom stereocenters. The lowest BCUT2D eigenvalue weighted by molar-refractivity contribution is 0.102. The molecule has 0 aromatic carbocycles. The highest BCUT2D eigenvalue weighted by atomic mass is 32.1. The minimum Gasteiger partial charge on any atom is -0.330 e. The number of hydrogen-bond donors (Lipinski definition) is 2. The molecule has 2 heterocycles. The first-order chi connectivity index (χ1) is 8.29. The second kappa shape index (κ2) is 5.56. The van der Waals surface area contributed by atoms with Gasteiger partial charge in [0.15, 0.2) is 0 Å². The van der Waals surface area contributed by atoms with Crippen LogP contribution in [0.5, 0.6) is 0 Å². The lowest BCUT2D eigenvalue weighted by Crippen LogP contribution is -2.12. The first kappa shape index (κ1) is 11.8. The Hall–Kier alpha value is -1.72. The van der Waals surface area contributed by atoms with Gasteiger partial charge in [0.05, 0.1) is 5.00 Å². The Bertz CT molecular complexity index is 496. The summed E-state index contributed by atoms with van der Waals surface area (Å²) in [6.45, 7) is 0.531. The highest BCUT2D eigenvalue weighted by molar-refractivity contribution is 7.14. The van der Waals surface area contributed by atoms with E-state index in [1.807, 2.05) is 17.5 Å². The van der Waals surface area contributed by atoms with Gasteiger partial charge < -0.3 is 11.1 Å². The number of thiophene rings is 1. The summed E-state index contributed by atoms with van der Waals surface area (Å²) in [4.78, 5) is 16.1. The molecule has 0 saturated heterocycles. The van der Waals surface area contributed by atoms with E-state index in [-0.39, 0.29) is 5.91 Å². The van der Waals surface area contributed by atoms with Crippen molar-refractivity contribution in [2.45, 2.75) is 6.42 Å². The topological polar surface area (TPSA) is 68.0 Å².